The van der Waals surface area contributed by atoms with Gasteiger partial charge >= 0.3 is 5.97 Å². The van der Waals surface area contributed by atoms with Crippen LogP contribution in [0.15, 0.2) is 0 Å². The lowest BCUT2D eigenvalue weighted by atomic mass is 10.2. The van der Waals surface area contributed by atoms with Gasteiger partial charge in [0, 0.05) is 13.0 Å². The average Bonchev–Trinajstić information content (AvgIpc) is 2.14. The van der Waals surface area contributed by atoms with Crippen LogP contribution < -0.4 is 5.73 Å². The Balaban J connectivity index is 3.74. The molecule has 4 N–H and O–H groups in total. The molecule has 0 aromatic rings. The van der Waals surface area contributed by atoms with Crippen molar-refractivity contribution in [2.45, 2.75) is 37.5 Å². The highest BCUT2D eigenvalue weighted by atomic mass is 32.2. The Morgan fingerprint density at radius 1 is 1.50 bits per heavy atom. The summed E-state index contributed by atoms with van der Waals surface area (Å²) in [5.41, 5.74) is 5.39. The van der Waals surface area contributed by atoms with Gasteiger partial charge in [0.05, 0.1) is 0 Å². The minimum atomic E-state index is -0.947. The molecule has 0 saturated carbocycles. The Morgan fingerprint density at radius 3 is 2.57 bits per heavy atom. The molecular formula is C9H20NO3S+. The van der Waals surface area contributed by atoms with Crippen LogP contribution in [0, 0.1) is 0 Å². The molecule has 0 aliphatic carbocycles. The summed E-state index contributed by atoms with van der Waals surface area (Å²) < 4.78 is 0. The van der Waals surface area contributed by atoms with E-state index in [2.05, 4.69) is 6.92 Å². The second-order valence-electron chi connectivity index (χ2n) is 3.26. The maximum atomic E-state index is 10.4. The molecule has 0 heterocycles. The van der Waals surface area contributed by atoms with Crippen molar-refractivity contribution < 1.29 is 15.0 Å². The zero-order chi connectivity index (χ0) is 11.0. The first kappa shape index (κ1) is 13.7. The molecule has 0 bridgehead atoms. The fraction of sp³-hybridized carbons (Fsp3) is 0.889. The van der Waals surface area contributed by atoms with Crippen LogP contribution in [0.2, 0.25) is 0 Å². The van der Waals surface area contributed by atoms with Gasteiger partial charge in [0.2, 0.25) is 0 Å². The number of aliphatic carboxylic acids is 1. The molecule has 0 aliphatic heterocycles. The molecule has 4 nitrogen and oxygen atoms in total. The summed E-state index contributed by atoms with van der Waals surface area (Å²) in [4.78, 5) is 10.4. The molecule has 2 unspecified atom stereocenters. The van der Waals surface area contributed by atoms with E-state index in [0.717, 1.165) is 31.0 Å². The van der Waals surface area contributed by atoms with E-state index in [0.29, 0.717) is 11.0 Å². The number of aliphatic hydroxyl groups is 1. The van der Waals surface area contributed by atoms with Crippen LogP contribution in [0.5, 0.6) is 0 Å². The fourth-order valence-corrected chi connectivity index (χ4v) is 2.57. The molecule has 0 spiro atoms. The van der Waals surface area contributed by atoms with Crippen LogP contribution in [0.3, 0.4) is 0 Å². The molecule has 0 fully saturated rings. The molecule has 0 amide bonds. The number of rotatable bonds is 8. The first-order valence-corrected chi connectivity index (χ1v) is 6.02. The zero-order valence-electron chi connectivity index (χ0n) is 8.52. The van der Waals surface area contributed by atoms with Crippen molar-refractivity contribution in [1.82, 2.24) is 0 Å². The lowest BCUT2D eigenvalue weighted by molar-refractivity contribution is -0.137. The van der Waals surface area contributed by atoms with Crippen LogP contribution in [-0.4, -0.2) is 39.8 Å². The molecule has 84 valence electrons. The molecule has 0 rings (SSSR count). The van der Waals surface area contributed by atoms with Gasteiger partial charge < -0.3 is 15.9 Å². The van der Waals surface area contributed by atoms with E-state index < -0.39 is 12.0 Å². The van der Waals surface area contributed by atoms with Gasteiger partial charge in [0.1, 0.15) is 17.0 Å². The smallest absolute Gasteiger partial charge is 0.325 e. The Hall–Kier alpha value is -0.260. The number of thiol groups is 1. The van der Waals surface area contributed by atoms with Crippen molar-refractivity contribution in [1.29, 1.82) is 0 Å². The molecule has 0 radical (unpaired) electrons. The van der Waals surface area contributed by atoms with Gasteiger partial charge in [-0.3, -0.25) is 4.79 Å². The van der Waals surface area contributed by atoms with E-state index in [9.17, 15) is 4.79 Å². The Bertz CT molecular complexity index is 160. The summed E-state index contributed by atoms with van der Waals surface area (Å²) in [5, 5.41) is 17.7. The number of carboxylic acids is 1. The van der Waals surface area contributed by atoms with E-state index in [4.69, 9.17) is 15.9 Å². The van der Waals surface area contributed by atoms with E-state index in [1.165, 1.54) is 0 Å². The van der Waals surface area contributed by atoms with Gasteiger partial charge in [0.15, 0.2) is 0 Å². The minimum absolute atomic E-state index is 0.167. The van der Waals surface area contributed by atoms with E-state index in [1.54, 1.807) is 0 Å². The Kier molecular flexibility index (Phi) is 7.93. The zero-order valence-corrected chi connectivity index (χ0v) is 9.41. The third-order valence-electron chi connectivity index (χ3n) is 1.96. The monoisotopic (exact) mass is 222 g/mol. The Morgan fingerprint density at radius 2 is 2.14 bits per heavy atom. The molecule has 14 heavy (non-hydrogen) atoms. The fourth-order valence-electron chi connectivity index (χ4n) is 1.15. The second-order valence-corrected chi connectivity index (χ2v) is 4.73. The largest absolute Gasteiger partial charge is 0.480 e. The lowest BCUT2D eigenvalue weighted by Crippen LogP contribution is -2.36. The molecule has 2 atom stereocenters. The molecule has 0 aliphatic rings. The Labute approximate surface area is 88.9 Å². The quantitative estimate of drug-likeness (QED) is 0.391. The number of aliphatic hydroxyl groups excluding tert-OH is 1. The van der Waals surface area contributed by atoms with Crippen LogP contribution >= 0.6 is 0 Å². The van der Waals surface area contributed by atoms with Crippen molar-refractivity contribution in [3.05, 3.63) is 0 Å². The molecule has 5 heteroatoms. The summed E-state index contributed by atoms with van der Waals surface area (Å²) in [6.07, 6.45) is 2.82. The summed E-state index contributed by atoms with van der Waals surface area (Å²) in [7, 11) is 0. The first-order chi connectivity index (χ1) is 6.61. The maximum Gasteiger partial charge on any atom is 0.325 e. The summed E-state index contributed by atoms with van der Waals surface area (Å²) in [6, 6.07) is -0.769. The normalized spacial score (nSPS) is 15.1. The summed E-state index contributed by atoms with van der Waals surface area (Å²) in [5.74, 6) is -0.475. The van der Waals surface area contributed by atoms with Gasteiger partial charge in [-0.05, 0) is 18.2 Å². The van der Waals surface area contributed by atoms with E-state index in [-0.39, 0.29) is 6.61 Å². The van der Waals surface area contributed by atoms with Crippen molar-refractivity contribution in [3.63, 3.8) is 0 Å². The van der Waals surface area contributed by atoms with Gasteiger partial charge in [-0.1, -0.05) is 13.3 Å². The number of carboxylic acid groups (broad SMARTS) is 1. The predicted molar refractivity (Wildman–Crippen MR) is 59.6 cm³/mol. The summed E-state index contributed by atoms with van der Waals surface area (Å²) in [6.45, 7) is 2.25. The average molecular weight is 222 g/mol. The summed E-state index contributed by atoms with van der Waals surface area (Å²) >= 11 is 1.04. The highest BCUT2D eigenvalue weighted by Gasteiger charge is 2.21. The SMILES string of the molecule is CCCC(CCO)[SH+]CC(N)C(=O)O. The first-order valence-electron chi connectivity index (χ1n) is 4.87. The number of hydrogen-bond donors (Lipinski definition) is 3. The number of carbonyl (C=O) groups is 1. The van der Waals surface area contributed by atoms with Crippen molar-refractivity contribution in [2.75, 3.05) is 12.4 Å². The van der Waals surface area contributed by atoms with Gasteiger partial charge in [-0.15, -0.1) is 0 Å². The molecule has 0 aromatic carbocycles. The molecular weight excluding hydrogens is 202 g/mol. The minimum Gasteiger partial charge on any atom is -0.480 e. The van der Waals surface area contributed by atoms with E-state index >= 15 is 0 Å². The second kappa shape index (κ2) is 8.08. The van der Waals surface area contributed by atoms with E-state index in [1.807, 2.05) is 0 Å². The number of hydrogen-bond acceptors (Lipinski definition) is 3. The van der Waals surface area contributed by atoms with Gasteiger partial charge in [-0.2, -0.15) is 0 Å². The molecule has 0 saturated heterocycles. The number of nitrogens with two attached hydrogens (primary N) is 1. The van der Waals surface area contributed by atoms with Crippen molar-refractivity contribution in [2.24, 2.45) is 5.73 Å². The third-order valence-corrected chi connectivity index (χ3v) is 3.60. The molecule has 0 aromatic heterocycles. The topological polar surface area (TPSA) is 83.5 Å². The van der Waals surface area contributed by atoms with Crippen molar-refractivity contribution in [3.8, 4) is 0 Å². The highest BCUT2D eigenvalue weighted by Crippen LogP contribution is 2.07. The van der Waals surface area contributed by atoms with Gasteiger partial charge in [0.25, 0.3) is 0 Å². The van der Waals surface area contributed by atoms with Gasteiger partial charge in [-0.25, -0.2) is 0 Å². The maximum absolute atomic E-state index is 10.4. The predicted octanol–water partition coefficient (Wildman–Crippen LogP) is -0.236. The van der Waals surface area contributed by atoms with Crippen LogP contribution in [0.25, 0.3) is 0 Å². The highest BCUT2D eigenvalue weighted by molar-refractivity contribution is 7.79. The third kappa shape index (κ3) is 6.23. The van der Waals surface area contributed by atoms with Crippen molar-refractivity contribution >= 4 is 17.7 Å². The van der Waals surface area contributed by atoms with Crippen LogP contribution in [0.4, 0.5) is 0 Å². The van der Waals surface area contributed by atoms with Crippen LogP contribution in [-0.2, 0) is 16.6 Å². The standard InChI is InChI=1S/C9H19NO3S/c1-2-3-7(4-5-11)14-6-8(10)9(12)13/h7-8,11H,2-6,10H2,1H3,(H,12,13)/p+1. The van der Waals surface area contributed by atoms with Crippen LogP contribution in [0.1, 0.15) is 26.2 Å². The lowest BCUT2D eigenvalue weighted by Gasteiger charge is -2.08.